The Morgan fingerprint density at radius 3 is 2.80 bits per heavy atom. The van der Waals surface area contributed by atoms with E-state index in [4.69, 9.17) is 16.3 Å². The third-order valence-corrected chi connectivity index (χ3v) is 1.72. The molecule has 0 aromatic carbocycles. The van der Waals surface area contributed by atoms with Crippen LogP contribution >= 0.6 is 34.2 Å². The van der Waals surface area contributed by atoms with Crippen molar-refractivity contribution in [1.82, 2.24) is 4.98 Å². The Kier molecular flexibility index (Phi) is 2.73. The predicted octanol–water partition coefficient (Wildman–Crippen LogP) is 2.35. The number of halogens is 2. The maximum absolute atomic E-state index is 5.70. The second-order valence-corrected chi connectivity index (χ2v) is 3.19. The molecule has 10 heavy (non-hydrogen) atoms. The molecule has 1 aromatic heterocycles. The Balaban J connectivity index is 3.06. The number of pyridine rings is 1. The molecule has 0 unspecified atom stereocenters. The number of ether oxygens (including phenoxy) is 1. The largest absolute Gasteiger partial charge is 0.481 e. The van der Waals surface area contributed by atoms with Crippen LogP contribution in [0.15, 0.2) is 12.1 Å². The predicted molar refractivity (Wildman–Crippen MR) is 48.5 cm³/mol. The number of aromatic nitrogens is 1. The lowest BCUT2D eigenvalue weighted by molar-refractivity contribution is 0.397. The number of methoxy groups -OCH3 is 1. The van der Waals surface area contributed by atoms with E-state index < -0.39 is 0 Å². The van der Waals surface area contributed by atoms with Gasteiger partial charge < -0.3 is 4.74 Å². The summed E-state index contributed by atoms with van der Waals surface area (Å²) < 4.78 is 5.71. The Labute approximate surface area is 77.7 Å². The van der Waals surface area contributed by atoms with Crippen molar-refractivity contribution in [3.63, 3.8) is 0 Å². The molecule has 1 rings (SSSR count). The zero-order chi connectivity index (χ0) is 7.56. The Morgan fingerprint density at radius 1 is 1.60 bits per heavy atom. The average molecular weight is 269 g/mol. The van der Waals surface area contributed by atoms with Gasteiger partial charge in [-0.15, -0.1) is 0 Å². The van der Waals surface area contributed by atoms with Crippen molar-refractivity contribution >= 4 is 34.2 Å². The molecule has 54 valence electrons. The van der Waals surface area contributed by atoms with Crippen LogP contribution in [0.1, 0.15) is 0 Å². The highest BCUT2D eigenvalue weighted by atomic mass is 127. The van der Waals surface area contributed by atoms with Crippen LogP contribution in [0.4, 0.5) is 0 Å². The van der Waals surface area contributed by atoms with Gasteiger partial charge in [0.15, 0.2) is 0 Å². The van der Waals surface area contributed by atoms with E-state index in [0.29, 0.717) is 10.9 Å². The molecule has 0 spiro atoms. The number of rotatable bonds is 1. The zero-order valence-electron chi connectivity index (χ0n) is 5.27. The van der Waals surface area contributed by atoms with Gasteiger partial charge in [0.2, 0.25) is 5.88 Å². The van der Waals surface area contributed by atoms with Gasteiger partial charge in [-0.25, -0.2) is 4.98 Å². The van der Waals surface area contributed by atoms with Crippen LogP contribution < -0.4 is 4.74 Å². The topological polar surface area (TPSA) is 22.1 Å². The van der Waals surface area contributed by atoms with Crippen LogP contribution in [0, 0.1) is 3.70 Å². The molecular formula is C6H5ClINO. The molecule has 0 radical (unpaired) electrons. The number of nitrogens with zero attached hydrogens (tertiary/aromatic N) is 1. The molecule has 2 nitrogen and oxygen atoms in total. The summed E-state index contributed by atoms with van der Waals surface area (Å²) in [5, 5.41) is 0.649. The lowest BCUT2D eigenvalue weighted by Gasteiger charge is -1.98. The summed E-state index contributed by atoms with van der Waals surface area (Å²) in [5.74, 6) is 0.553. The van der Waals surface area contributed by atoms with Crippen molar-refractivity contribution in [3.05, 3.63) is 20.9 Å². The standard InChI is InChI=1S/C6H5ClINO/c1-10-6-3-4(7)2-5(8)9-6/h2-3H,1H3. The van der Waals surface area contributed by atoms with E-state index in [1.165, 1.54) is 0 Å². The molecule has 4 heteroatoms. The van der Waals surface area contributed by atoms with E-state index in [2.05, 4.69) is 27.6 Å². The smallest absolute Gasteiger partial charge is 0.215 e. The van der Waals surface area contributed by atoms with Crippen molar-refractivity contribution in [3.8, 4) is 5.88 Å². The van der Waals surface area contributed by atoms with Crippen molar-refractivity contribution < 1.29 is 4.74 Å². The number of hydrogen-bond acceptors (Lipinski definition) is 2. The van der Waals surface area contributed by atoms with Gasteiger partial charge in [-0.2, -0.15) is 0 Å². The molecule has 0 saturated heterocycles. The van der Waals surface area contributed by atoms with Gasteiger partial charge >= 0.3 is 0 Å². The second-order valence-electron chi connectivity index (χ2n) is 1.65. The molecule has 1 aromatic rings. The summed E-state index contributed by atoms with van der Waals surface area (Å²) in [5.41, 5.74) is 0. The van der Waals surface area contributed by atoms with Crippen molar-refractivity contribution in [1.29, 1.82) is 0 Å². The third-order valence-electron chi connectivity index (χ3n) is 0.944. The lowest BCUT2D eigenvalue weighted by Crippen LogP contribution is -1.88. The molecule has 0 amide bonds. The Morgan fingerprint density at radius 2 is 2.30 bits per heavy atom. The van der Waals surface area contributed by atoms with Gasteiger partial charge in [0.25, 0.3) is 0 Å². The van der Waals surface area contributed by atoms with Crippen LogP contribution in [-0.4, -0.2) is 12.1 Å². The van der Waals surface area contributed by atoms with Crippen molar-refractivity contribution in [2.75, 3.05) is 7.11 Å². The Bertz CT molecular complexity index is 221. The highest BCUT2D eigenvalue weighted by molar-refractivity contribution is 14.1. The van der Waals surface area contributed by atoms with Crippen LogP contribution in [0.25, 0.3) is 0 Å². The minimum absolute atomic E-state index is 0.553. The van der Waals surface area contributed by atoms with Crippen LogP contribution in [0.5, 0.6) is 5.88 Å². The normalized spacial score (nSPS) is 9.50. The maximum atomic E-state index is 5.70. The van der Waals surface area contributed by atoms with Crippen LogP contribution in [-0.2, 0) is 0 Å². The molecule has 0 bridgehead atoms. The summed E-state index contributed by atoms with van der Waals surface area (Å²) in [4.78, 5) is 4.03. The van der Waals surface area contributed by atoms with E-state index >= 15 is 0 Å². The molecule has 1 heterocycles. The van der Waals surface area contributed by atoms with E-state index in [0.717, 1.165) is 3.70 Å². The minimum Gasteiger partial charge on any atom is -0.481 e. The fraction of sp³-hybridized carbons (Fsp3) is 0.167. The maximum Gasteiger partial charge on any atom is 0.215 e. The van der Waals surface area contributed by atoms with Gasteiger partial charge in [0.1, 0.15) is 3.70 Å². The molecule has 0 aliphatic carbocycles. The van der Waals surface area contributed by atoms with Gasteiger partial charge in [-0.1, -0.05) is 11.6 Å². The quantitative estimate of drug-likeness (QED) is 0.577. The average Bonchev–Trinajstić information content (AvgIpc) is 1.85. The van der Waals surface area contributed by atoms with Gasteiger partial charge in [0.05, 0.1) is 7.11 Å². The van der Waals surface area contributed by atoms with E-state index in [1.54, 1.807) is 19.2 Å². The summed E-state index contributed by atoms with van der Waals surface area (Å²) in [6.07, 6.45) is 0. The van der Waals surface area contributed by atoms with E-state index in [-0.39, 0.29) is 0 Å². The zero-order valence-corrected chi connectivity index (χ0v) is 8.18. The fourth-order valence-electron chi connectivity index (χ4n) is 0.548. The third kappa shape index (κ3) is 1.98. The fourth-order valence-corrected chi connectivity index (χ4v) is 1.50. The van der Waals surface area contributed by atoms with Crippen molar-refractivity contribution in [2.24, 2.45) is 0 Å². The highest BCUT2D eigenvalue weighted by Crippen LogP contribution is 2.17. The van der Waals surface area contributed by atoms with Crippen molar-refractivity contribution in [2.45, 2.75) is 0 Å². The SMILES string of the molecule is COc1cc(Cl)cc(I)n1. The molecular weight excluding hydrogens is 264 g/mol. The first kappa shape index (κ1) is 8.07. The Hall–Kier alpha value is -0.0300. The van der Waals surface area contributed by atoms with Gasteiger partial charge in [0, 0.05) is 11.1 Å². The van der Waals surface area contributed by atoms with Crippen LogP contribution in [0.2, 0.25) is 5.02 Å². The van der Waals surface area contributed by atoms with E-state index in [9.17, 15) is 0 Å². The monoisotopic (exact) mass is 269 g/mol. The molecule has 0 atom stereocenters. The van der Waals surface area contributed by atoms with E-state index in [1.807, 2.05) is 0 Å². The first-order valence-electron chi connectivity index (χ1n) is 2.59. The second kappa shape index (κ2) is 3.39. The molecule has 0 aliphatic rings. The summed E-state index contributed by atoms with van der Waals surface area (Å²) in [7, 11) is 1.56. The molecule has 0 N–H and O–H groups in total. The summed E-state index contributed by atoms with van der Waals surface area (Å²) in [6.45, 7) is 0. The lowest BCUT2D eigenvalue weighted by atomic mass is 10.5. The highest BCUT2D eigenvalue weighted by Gasteiger charge is 1.96. The number of hydrogen-bond donors (Lipinski definition) is 0. The minimum atomic E-state index is 0.553. The first-order valence-corrected chi connectivity index (χ1v) is 4.05. The first-order chi connectivity index (χ1) is 4.72. The molecule has 0 saturated carbocycles. The van der Waals surface area contributed by atoms with Crippen LogP contribution in [0.3, 0.4) is 0 Å². The van der Waals surface area contributed by atoms with Gasteiger partial charge in [-0.05, 0) is 28.7 Å². The molecule has 0 fully saturated rings. The summed E-state index contributed by atoms with van der Waals surface area (Å²) >= 11 is 7.78. The van der Waals surface area contributed by atoms with Gasteiger partial charge in [-0.3, -0.25) is 0 Å². The molecule has 0 aliphatic heterocycles. The summed E-state index contributed by atoms with van der Waals surface area (Å²) in [6, 6.07) is 3.44.